The summed E-state index contributed by atoms with van der Waals surface area (Å²) in [6.07, 6.45) is 0.843. The second-order valence-corrected chi connectivity index (χ2v) is 5.41. The molecule has 0 radical (unpaired) electrons. The Morgan fingerprint density at radius 1 is 1.56 bits per heavy atom. The number of amides is 1. The maximum Gasteiger partial charge on any atom is 0.305 e. The molecule has 1 amide bonds. The molecule has 1 aliphatic heterocycles. The van der Waals surface area contributed by atoms with E-state index < -0.39 is 40.2 Å². The summed E-state index contributed by atoms with van der Waals surface area (Å²) in [7, 11) is -3.24. The van der Waals surface area contributed by atoms with Crippen LogP contribution in [0.25, 0.3) is 0 Å². The minimum Gasteiger partial charge on any atom is -0.481 e. The molecule has 8 heteroatoms. The van der Waals surface area contributed by atoms with Gasteiger partial charge in [0.25, 0.3) is 0 Å². The summed E-state index contributed by atoms with van der Waals surface area (Å²) in [6.45, 7) is 0. The number of nitrogens with one attached hydrogen (secondary N) is 1. The van der Waals surface area contributed by atoms with E-state index in [9.17, 15) is 18.0 Å². The molecule has 2 atom stereocenters. The van der Waals surface area contributed by atoms with Gasteiger partial charge in [0.15, 0.2) is 9.84 Å². The SMILES string of the molecule is NC(CC(=O)O)C(=O)NC1C=CS(=O)(=O)C1. The van der Waals surface area contributed by atoms with Crippen LogP contribution in [0.5, 0.6) is 0 Å². The number of carbonyl (C=O) groups is 2. The molecule has 90 valence electrons. The van der Waals surface area contributed by atoms with Gasteiger partial charge >= 0.3 is 5.97 Å². The molecule has 0 aromatic rings. The number of hydrogen-bond acceptors (Lipinski definition) is 5. The molecule has 16 heavy (non-hydrogen) atoms. The van der Waals surface area contributed by atoms with Crippen LogP contribution in [0.2, 0.25) is 0 Å². The van der Waals surface area contributed by atoms with Gasteiger partial charge in [-0.2, -0.15) is 0 Å². The molecule has 0 fully saturated rings. The topological polar surface area (TPSA) is 127 Å². The monoisotopic (exact) mass is 248 g/mol. The van der Waals surface area contributed by atoms with E-state index in [0.29, 0.717) is 0 Å². The van der Waals surface area contributed by atoms with Crippen LogP contribution >= 0.6 is 0 Å². The maximum absolute atomic E-state index is 11.3. The van der Waals surface area contributed by atoms with Gasteiger partial charge in [0, 0.05) is 5.41 Å². The molecule has 1 heterocycles. The first-order chi connectivity index (χ1) is 7.30. The lowest BCUT2D eigenvalue weighted by molar-refractivity contribution is -0.139. The molecular formula is C8H12N2O5S. The van der Waals surface area contributed by atoms with Crippen LogP contribution < -0.4 is 11.1 Å². The van der Waals surface area contributed by atoms with Gasteiger partial charge < -0.3 is 16.2 Å². The van der Waals surface area contributed by atoms with E-state index in [2.05, 4.69) is 5.32 Å². The fourth-order valence-electron chi connectivity index (χ4n) is 1.24. The van der Waals surface area contributed by atoms with Crippen molar-refractivity contribution in [2.75, 3.05) is 5.75 Å². The summed E-state index contributed by atoms with van der Waals surface area (Å²) in [5, 5.41) is 11.8. The predicted octanol–water partition coefficient (Wildman–Crippen LogP) is -1.78. The number of sulfone groups is 1. The van der Waals surface area contributed by atoms with Crippen LogP contribution in [0.1, 0.15) is 6.42 Å². The molecule has 0 saturated carbocycles. The van der Waals surface area contributed by atoms with Gasteiger partial charge in [-0.05, 0) is 6.08 Å². The van der Waals surface area contributed by atoms with Crippen LogP contribution in [-0.4, -0.2) is 43.2 Å². The van der Waals surface area contributed by atoms with Crippen molar-refractivity contribution in [2.24, 2.45) is 5.73 Å². The summed E-state index contributed by atoms with van der Waals surface area (Å²) in [6, 6.07) is -1.80. The first-order valence-corrected chi connectivity index (χ1v) is 6.20. The molecule has 0 aromatic carbocycles. The van der Waals surface area contributed by atoms with E-state index in [-0.39, 0.29) is 5.75 Å². The molecule has 4 N–H and O–H groups in total. The third-order valence-electron chi connectivity index (χ3n) is 1.99. The van der Waals surface area contributed by atoms with E-state index in [1.54, 1.807) is 0 Å². The van der Waals surface area contributed by atoms with Crippen molar-refractivity contribution in [1.29, 1.82) is 0 Å². The molecule has 0 aromatic heterocycles. The van der Waals surface area contributed by atoms with Crippen LogP contribution in [0.15, 0.2) is 11.5 Å². The van der Waals surface area contributed by atoms with Crippen molar-refractivity contribution in [1.82, 2.24) is 5.32 Å². The summed E-state index contributed by atoms with van der Waals surface area (Å²) in [5.41, 5.74) is 5.30. The lowest BCUT2D eigenvalue weighted by Crippen LogP contribution is -2.46. The largest absolute Gasteiger partial charge is 0.481 e. The van der Waals surface area contributed by atoms with Gasteiger partial charge in [0.2, 0.25) is 5.91 Å². The first kappa shape index (κ1) is 12.7. The normalized spacial score (nSPS) is 23.9. The smallest absolute Gasteiger partial charge is 0.305 e. The highest BCUT2D eigenvalue weighted by Gasteiger charge is 2.25. The van der Waals surface area contributed by atoms with E-state index in [0.717, 1.165) is 5.41 Å². The van der Waals surface area contributed by atoms with Gasteiger partial charge in [-0.25, -0.2) is 8.42 Å². The number of hydrogen-bond donors (Lipinski definition) is 3. The quantitative estimate of drug-likeness (QED) is 0.539. The minimum atomic E-state index is -3.24. The lowest BCUT2D eigenvalue weighted by atomic mass is 10.2. The Hall–Kier alpha value is -1.41. The average Bonchev–Trinajstić information content (AvgIpc) is 2.44. The Labute approximate surface area is 92.2 Å². The molecule has 0 saturated heterocycles. The first-order valence-electron chi connectivity index (χ1n) is 4.49. The highest BCUT2D eigenvalue weighted by molar-refractivity contribution is 7.94. The van der Waals surface area contributed by atoms with Crippen LogP contribution in [0, 0.1) is 0 Å². The fourth-order valence-corrected chi connectivity index (χ4v) is 2.47. The molecule has 1 aliphatic rings. The summed E-state index contributed by atoms with van der Waals surface area (Å²) in [4.78, 5) is 21.6. The van der Waals surface area contributed by atoms with Crippen LogP contribution in [0.4, 0.5) is 0 Å². The second-order valence-electron chi connectivity index (χ2n) is 3.48. The molecule has 0 aliphatic carbocycles. The van der Waals surface area contributed by atoms with Gasteiger partial charge in [0.1, 0.15) is 0 Å². The number of carbonyl (C=O) groups excluding carboxylic acids is 1. The third-order valence-corrected chi connectivity index (χ3v) is 3.38. The van der Waals surface area contributed by atoms with Crippen LogP contribution in [0.3, 0.4) is 0 Å². The second kappa shape index (κ2) is 4.62. The molecule has 0 spiro atoms. The molecular weight excluding hydrogens is 236 g/mol. The van der Waals surface area contributed by atoms with Crippen molar-refractivity contribution in [3.05, 3.63) is 11.5 Å². The van der Waals surface area contributed by atoms with Gasteiger partial charge in [-0.1, -0.05) is 0 Å². The Kier molecular flexibility index (Phi) is 3.66. The Bertz CT molecular complexity index is 428. The lowest BCUT2D eigenvalue weighted by Gasteiger charge is -2.13. The number of carboxylic acids is 1. The predicted molar refractivity (Wildman–Crippen MR) is 55.1 cm³/mol. The average molecular weight is 248 g/mol. The van der Waals surface area contributed by atoms with Crippen molar-refractivity contribution in [3.63, 3.8) is 0 Å². The number of carboxylic acid groups (broad SMARTS) is 1. The molecule has 0 bridgehead atoms. The van der Waals surface area contributed by atoms with Crippen LogP contribution in [-0.2, 0) is 19.4 Å². The summed E-state index contributed by atoms with van der Waals surface area (Å²) < 4.78 is 22.0. The van der Waals surface area contributed by atoms with E-state index in [4.69, 9.17) is 10.8 Å². The minimum absolute atomic E-state index is 0.210. The van der Waals surface area contributed by atoms with Crippen molar-refractivity contribution >= 4 is 21.7 Å². The summed E-state index contributed by atoms with van der Waals surface area (Å²) in [5.74, 6) is -2.06. The molecule has 1 rings (SSSR count). The number of rotatable bonds is 4. The maximum atomic E-state index is 11.3. The molecule has 2 unspecified atom stereocenters. The number of nitrogens with two attached hydrogens (primary N) is 1. The van der Waals surface area contributed by atoms with Crippen molar-refractivity contribution in [3.8, 4) is 0 Å². The Morgan fingerprint density at radius 2 is 2.19 bits per heavy atom. The highest BCUT2D eigenvalue weighted by Crippen LogP contribution is 2.07. The van der Waals surface area contributed by atoms with E-state index in [1.807, 2.05) is 0 Å². The zero-order valence-electron chi connectivity index (χ0n) is 8.29. The fraction of sp³-hybridized carbons (Fsp3) is 0.500. The van der Waals surface area contributed by atoms with E-state index in [1.165, 1.54) is 6.08 Å². The van der Waals surface area contributed by atoms with Crippen molar-refractivity contribution < 1.29 is 23.1 Å². The van der Waals surface area contributed by atoms with Gasteiger partial charge in [0.05, 0.1) is 24.3 Å². The van der Waals surface area contributed by atoms with E-state index >= 15 is 0 Å². The standard InChI is InChI=1S/C8H12N2O5S/c9-6(3-7(11)12)8(13)10-5-1-2-16(14,15)4-5/h1-2,5-6H,3-4,9H2,(H,10,13)(H,11,12). The van der Waals surface area contributed by atoms with Gasteiger partial charge in [-0.15, -0.1) is 0 Å². The zero-order chi connectivity index (χ0) is 12.3. The highest BCUT2D eigenvalue weighted by atomic mass is 32.2. The summed E-state index contributed by atoms with van der Waals surface area (Å²) >= 11 is 0. The third kappa shape index (κ3) is 3.63. The Balaban J connectivity index is 2.48. The van der Waals surface area contributed by atoms with Gasteiger partial charge in [-0.3, -0.25) is 9.59 Å². The molecule has 7 nitrogen and oxygen atoms in total. The zero-order valence-corrected chi connectivity index (χ0v) is 9.11. The number of aliphatic carboxylic acids is 1. The van der Waals surface area contributed by atoms with Crippen molar-refractivity contribution in [2.45, 2.75) is 18.5 Å². The Morgan fingerprint density at radius 3 is 2.62 bits per heavy atom.